The zero-order valence-corrected chi connectivity index (χ0v) is 46.3. The van der Waals surface area contributed by atoms with Gasteiger partial charge in [-0.15, -0.1) is 0 Å². The molecule has 6 aromatic rings. The van der Waals surface area contributed by atoms with E-state index in [0.29, 0.717) is 58.3 Å². The van der Waals surface area contributed by atoms with Crippen molar-refractivity contribution in [2.75, 3.05) is 86.9 Å². The van der Waals surface area contributed by atoms with Crippen molar-refractivity contribution in [1.82, 2.24) is 19.6 Å². The molecule has 0 atom stereocenters. The van der Waals surface area contributed by atoms with Crippen LogP contribution >= 0.6 is 0 Å². The largest absolute Gasteiger partial charge is 0.320 e. The third kappa shape index (κ3) is 16.8. The number of anilines is 6. The molecule has 0 aromatic heterocycles. The number of rotatable bonds is 31. The molecule has 0 fully saturated rings. The summed E-state index contributed by atoms with van der Waals surface area (Å²) in [4.78, 5) is 67.9. The molecule has 12 heteroatoms. The summed E-state index contributed by atoms with van der Waals surface area (Å²) in [5, 5.41) is 6.01. The molecule has 78 heavy (non-hydrogen) atoms. The topological polar surface area (TPSA) is 112 Å². The Morgan fingerprint density at radius 2 is 0.654 bits per heavy atom. The SMILES string of the molecule is CN(CCCCCCCCN(C)CCCCCCN(CC(=O)N1c2ccccc2NC(=O)c2ccccc21)Cc1ccccc1)CCCCCCN(CC(=O)N1c2ccccc2NC(=O)c2ccccc21)Cc1ccccc1. The lowest BCUT2D eigenvalue weighted by Crippen LogP contribution is -2.38. The van der Waals surface area contributed by atoms with Crippen molar-refractivity contribution in [2.24, 2.45) is 0 Å². The monoisotopic (exact) mass is 1050 g/mol. The molecule has 0 bridgehead atoms. The molecule has 410 valence electrons. The van der Waals surface area contributed by atoms with Crippen molar-refractivity contribution in [3.8, 4) is 0 Å². The summed E-state index contributed by atoms with van der Waals surface area (Å²) in [6.45, 7) is 8.02. The molecular formula is C66H82N8O4. The van der Waals surface area contributed by atoms with Crippen LogP contribution in [0.4, 0.5) is 34.1 Å². The zero-order chi connectivity index (χ0) is 54.3. The quantitative estimate of drug-likeness (QED) is 0.0414. The van der Waals surface area contributed by atoms with E-state index in [1.807, 2.05) is 97.1 Å². The van der Waals surface area contributed by atoms with Gasteiger partial charge in [-0.05, 0) is 152 Å². The van der Waals surface area contributed by atoms with Gasteiger partial charge in [0.25, 0.3) is 11.8 Å². The molecule has 2 aliphatic heterocycles. The molecule has 0 saturated carbocycles. The Balaban J connectivity index is 0.666. The van der Waals surface area contributed by atoms with Crippen LogP contribution in [0, 0.1) is 0 Å². The van der Waals surface area contributed by atoms with Crippen LogP contribution in [0.5, 0.6) is 0 Å². The normalized spacial score (nSPS) is 12.9. The van der Waals surface area contributed by atoms with E-state index in [9.17, 15) is 19.2 Å². The van der Waals surface area contributed by atoms with Crippen LogP contribution in [0.2, 0.25) is 0 Å². The first-order valence-corrected chi connectivity index (χ1v) is 28.8. The molecule has 2 heterocycles. The lowest BCUT2D eigenvalue weighted by molar-refractivity contribution is -0.120. The number of fused-ring (bicyclic) bond motifs is 4. The van der Waals surface area contributed by atoms with Gasteiger partial charge in [0, 0.05) is 13.1 Å². The Hall–Kier alpha value is -6.96. The van der Waals surface area contributed by atoms with E-state index in [1.54, 1.807) is 21.9 Å². The highest BCUT2D eigenvalue weighted by Gasteiger charge is 2.32. The minimum absolute atomic E-state index is 0.0535. The Kier molecular flexibility index (Phi) is 22.2. The van der Waals surface area contributed by atoms with Crippen LogP contribution in [0.1, 0.15) is 122 Å². The lowest BCUT2D eigenvalue weighted by atomic mass is 10.1. The summed E-state index contributed by atoms with van der Waals surface area (Å²) < 4.78 is 0. The van der Waals surface area contributed by atoms with E-state index < -0.39 is 0 Å². The molecule has 0 aliphatic carbocycles. The van der Waals surface area contributed by atoms with Gasteiger partial charge in [-0.25, -0.2) is 0 Å². The summed E-state index contributed by atoms with van der Waals surface area (Å²) >= 11 is 0. The smallest absolute Gasteiger partial charge is 0.257 e. The number of nitrogens with zero attached hydrogens (tertiary/aromatic N) is 6. The average Bonchev–Trinajstić information content (AvgIpc) is 3.68. The van der Waals surface area contributed by atoms with Crippen molar-refractivity contribution < 1.29 is 19.2 Å². The molecule has 0 unspecified atom stereocenters. The Morgan fingerprint density at radius 3 is 1.03 bits per heavy atom. The van der Waals surface area contributed by atoms with E-state index >= 15 is 0 Å². The first-order valence-electron chi connectivity index (χ1n) is 28.8. The molecule has 0 spiro atoms. The summed E-state index contributed by atoms with van der Waals surface area (Å²) in [7, 11) is 4.52. The number of carbonyl (C=O) groups excluding carboxylic acids is 4. The van der Waals surface area contributed by atoms with Crippen LogP contribution in [0.15, 0.2) is 158 Å². The second-order valence-corrected chi connectivity index (χ2v) is 21.4. The van der Waals surface area contributed by atoms with E-state index in [4.69, 9.17) is 0 Å². The minimum Gasteiger partial charge on any atom is -0.320 e. The van der Waals surface area contributed by atoms with Gasteiger partial charge < -0.3 is 20.4 Å². The molecule has 2 N–H and O–H groups in total. The van der Waals surface area contributed by atoms with Crippen LogP contribution in [-0.4, -0.2) is 110 Å². The molecule has 0 saturated heterocycles. The molecule has 0 radical (unpaired) electrons. The van der Waals surface area contributed by atoms with Crippen molar-refractivity contribution in [3.63, 3.8) is 0 Å². The second kappa shape index (κ2) is 30.3. The first kappa shape index (κ1) is 57.2. The van der Waals surface area contributed by atoms with E-state index in [0.717, 1.165) is 65.0 Å². The standard InChI is InChI=1S/C66H82N8O4/c1-69(45-27-7-9-29-47-71(49-53-31-13-11-14-32-53)51-63(75)73-59-39-21-17-35-55(59)65(77)67-57-37-19-23-41-61(57)73)43-25-5-3-4-6-26-44-70(2)46-28-8-10-30-48-72(50-54-33-15-12-16-34-54)52-64(76)74-60-40-22-18-36-56(60)66(78)68-58-38-20-24-42-62(58)74/h11-24,31-42H,3-10,25-30,43-52H2,1-2H3,(H,67,77)(H,68,78). The third-order valence-electron chi connectivity index (χ3n) is 15.1. The summed E-state index contributed by atoms with van der Waals surface area (Å²) in [6, 6.07) is 50.6. The molecule has 4 amide bonds. The minimum atomic E-state index is -0.209. The number of para-hydroxylation sites is 6. The van der Waals surface area contributed by atoms with Gasteiger partial charge in [-0.1, -0.05) is 161 Å². The van der Waals surface area contributed by atoms with E-state index in [2.05, 4.69) is 92.9 Å². The van der Waals surface area contributed by atoms with Crippen molar-refractivity contribution >= 4 is 57.8 Å². The zero-order valence-electron chi connectivity index (χ0n) is 46.3. The van der Waals surface area contributed by atoms with Crippen molar-refractivity contribution in [3.05, 3.63) is 180 Å². The van der Waals surface area contributed by atoms with Crippen molar-refractivity contribution in [2.45, 2.75) is 103 Å². The fourth-order valence-corrected chi connectivity index (χ4v) is 10.9. The summed E-state index contributed by atoms with van der Waals surface area (Å²) in [6.07, 6.45) is 16.6. The lowest BCUT2D eigenvalue weighted by Gasteiger charge is -2.28. The number of benzene rings is 6. The maximum Gasteiger partial charge on any atom is 0.257 e. The number of unbranched alkanes of at least 4 members (excludes halogenated alkanes) is 11. The van der Waals surface area contributed by atoms with Gasteiger partial charge in [-0.2, -0.15) is 0 Å². The number of hydrogen-bond donors (Lipinski definition) is 2. The van der Waals surface area contributed by atoms with Crippen LogP contribution < -0.4 is 20.4 Å². The van der Waals surface area contributed by atoms with Gasteiger partial charge in [0.1, 0.15) is 0 Å². The Bertz CT molecular complexity index is 2650. The highest BCUT2D eigenvalue weighted by Crippen LogP contribution is 2.39. The first-order chi connectivity index (χ1) is 38.2. The maximum absolute atomic E-state index is 14.3. The molecule has 8 rings (SSSR count). The Morgan fingerprint density at radius 1 is 0.359 bits per heavy atom. The van der Waals surface area contributed by atoms with Gasteiger partial charge >= 0.3 is 0 Å². The summed E-state index contributed by atoms with van der Waals surface area (Å²) in [5.74, 6) is -0.525. The number of hydrogen-bond acceptors (Lipinski definition) is 8. The number of carbonyl (C=O) groups is 4. The molecule has 6 aromatic carbocycles. The van der Waals surface area contributed by atoms with Gasteiger partial charge in [0.15, 0.2) is 0 Å². The number of nitrogens with one attached hydrogen (secondary N) is 2. The summed E-state index contributed by atoms with van der Waals surface area (Å²) in [5.41, 5.74) is 7.21. The van der Waals surface area contributed by atoms with Crippen molar-refractivity contribution in [1.29, 1.82) is 0 Å². The van der Waals surface area contributed by atoms with Gasteiger partial charge in [0.05, 0.1) is 58.3 Å². The highest BCUT2D eigenvalue weighted by molar-refractivity contribution is 6.19. The predicted molar refractivity (Wildman–Crippen MR) is 319 cm³/mol. The van der Waals surface area contributed by atoms with Gasteiger partial charge in [-0.3, -0.25) is 38.8 Å². The third-order valence-corrected chi connectivity index (χ3v) is 15.1. The molecule has 12 nitrogen and oxygen atoms in total. The van der Waals surface area contributed by atoms with Gasteiger partial charge in [0.2, 0.25) is 11.8 Å². The van der Waals surface area contributed by atoms with E-state index in [-0.39, 0.29) is 36.7 Å². The maximum atomic E-state index is 14.3. The average molecular weight is 1050 g/mol. The molecule has 2 aliphatic rings. The fraction of sp³-hybridized carbons (Fsp3) is 0.394. The van der Waals surface area contributed by atoms with Crippen LogP contribution in [0.3, 0.4) is 0 Å². The van der Waals surface area contributed by atoms with E-state index in [1.165, 1.54) is 75.3 Å². The van der Waals surface area contributed by atoms with Crippen LogP contribution in [-0.2, 0) is 22.7 Å². The Labute approximate surface area is 464 Å². The fourth-order valence-electron chi connectivity index (χ4n) is 10.9. The predicted octanol–water partition coefficient (Wildman–Crippen LogP) is 13.2. The number of amides is 4. The second-order valence-electron chi connectivity index (χ2n) is 21.4. The highest BCUT2D eigenvalue weighted by atomic mass is 16.2. The molecular weight excluding hydrogens is 969 g/mol. The van der Waals surface area contributed by atoms with Crippen LogP contribution in [0.25, 0.3) is 0 Å².